The summed E-state index contributed by atoms with van der Waals surface area (Å²) in [6.07, 6.45) is 1.40. The number of ether oxygens (including phenoxy) is 2. The Morgan fingerprint density at radius 1 is 1.19 bits per heavy atom. The maximum Gasteiger partial charge on any atom is 0.243 e. The van der Waals surface area contributed by atoms with Gasteiger partial charge in [-0.05, 0) is 54.7 Å². The number of hydrogen-bond donors (Lipinski definition) is 1. The first-order valence-electron chi connectivity index (χ1n) is 11.0. The number of benzene rings is 2. The van der Waals surface area contributed by atoms with Crippen molar-refractivity contribution in [3.05, 3.63) is 59.2 Å². The highest BCUT2D eigenvalue weighted by Crippen LogP contribution is 2.26. The fourth-order valence-corrected chi connectivity index (χ4v) is 5.40. The smallest absolute Gasteiger partial charge is 0.243 e. The van der Waals surface area contributed by atoms with E-state index in [-0.39, 0.29) is 23.3 Å². The normalized spacial score (nSPS) is 15.8. The molecule has 174 valence electrons. The Bertz CT molecular complexity index is 1030. The van der Waals surface area contributed by atoms with E-state index in [0.717, 1.165) is 17.5 Å². The van der Waals surface area contributed by atoms with Crippen molar-refractivity contribution in [2.45, 2.75) is 44.0 Å². The number of methoxy groups -OCH3 is 1. The van der Waals surface area contributed by atoms with E-state index in [9.17, 15) is 13.2 Å². The van der Waals surface area contributed by atoms with Crippen LogP contribution in [-0.2, 0) is 26.0 Å². The Morgan fingerprint density at radius 3 is 2.56 bits per heavy atom. The fraction of sp³-hybridized carbons (Fsp3) is 0.458. The summed E-state index contributed by atoms with van der Waals surface area (Å²) in [6.45, 7) is 5.53. The quantitative estimate of drug-likeness (QED) is 0.621. The molecule has 1 fully saturated rings. The molecular weight excluding hydrogens is 428 g/mol. The second-order valence-electron chi connectivity index (χ2n) is 7.88. The van der Waals surface area contributed by atoms with Crippen molar-refractivity contribution in [1.82, 2.24) is 9.62 Å². The highest BCUT2D eigenvalue weighted by molar-refractivity contribution is 7.89. The molecule has 0 spiro atoms. The molecule has 0 unspecified atom stereocenters. The number of carbonyl (C=O) groups is 1. The third kappa shape index (κ3) is 5.68. The lowest BCUT2D eigenvalue weighted by Crippen LogP contribution is -2.40. The van der Waals surface area contributed by atoms with Gasteiger partial charge in [0.25, 0.3) is 0 Å². The number of carbonyl (C=O) groups excluding carboxylic acids is 1. The van der Waals surface area contributed by atoms with Gasteiger partial charge in [0.1, 0.15) is 5.75 Å². The molecule has 1 amide bonds. The van der Waals surface area contributed by atoms with Gasteiger partial charge in [0, 0.05) is 19.5 Å². The van der Waals surface area contributed by atoms with Gasteiger partial charge in [-0.2, -0.15) is 4.31 Å². The van der Waals surface area contributed by atoms with Crippen LogP contribution in [0.3, 0.4) is 0 Å². The molecule has 1 heterocycles. The number of amides is 1. The SMILES string of the molecule is CC[C@H](NC(=O)CCc1cc(S(=O)(=O)N2CCOCC2)ccc1OC)c1ccccc1C. The Labute approximate surface area is 190 Å². The van der Waals surface area contributed by atoms with Crippen LogP contribution in [0.25, 0.3) is 0 Å². The molecule has 1 atom stereocenters. The Morgan fingerprint density at radius 2 is 1.91 bits per heavy atom. The third-order valence-electron chi connectivity index (χ3n) is 5.79. The minimum atomic E-state index is -3.61. The predicted molar refractivity (Wildman–Crippen MR) is 123 cm³/mol. The zero-order chi connectivity index (χ0) is 23.1. The van der Waals surface area contributed by atoms with Crippen molar-refractivity contribution in [3.8, 4) is 5.75 Å². The van der Waals surface area contributed by atoms with Crippen LogP contribution in [0.2, 0.25) is 0 Å². The molecule has 7 nitrogen and oxygen atoms in total. The molecule has 0 radical (unpaired) electrons. The van der Waals surface area contributed by atoms with E-state index in [1.165, 1.54) is 4.31 Å². The zero-order valence-electron chi connectivity index (χ0n) is 19.0. The summed E-state index contributed by atoms with van der Waals surface area (Å²) in [5.74, 6) is 0.494. The second-order valence-corrected chi connectivity index (χ2v) is 9.81. The summed E-state index contributed by atoms with van der Waals surface area (Å²) < 4.78 is 38.1. The van der Waals surface area contributed by atoms with Gasteiger partial charge in [-0.3, -0.25) is 4.79 Å². The zero-order valence-corrected chi connectivity index (χ0v) is 19.8. The number of nitrogens with one attached hydrogen (secondary N) is 1. The first kappa shape index (κ1) is 24.2. The van der Waals surface area contributed by atoms with Crippen molar-refractivity contribution in [3.63, 3.8) is 0 Å². The van der Waals surface area contributed by atoms with Gasteiger partial charge in [-0.15, -0.1) is 0 Å². The average Bonchev–Trinajstić information content (AvgIpc) is 2.82. The monoisotopic (exact) mass is 460 g/mol. The predicted octanol–water partition coefficient (Wildman–Crippen LogP) is 3.22. The molecule has 2 aromatic carbocycles. The highest BCUT2D eigenvalue weighted by atomic mass is 32.2. The van der Waals surface area contributed by atoms with Crippen molar-refractivity contribution in [2.75, 3.05) is 33.4 Å². The van der Waals surface area contributed by atoms with Crippen molar-refractivity contribution >= 4 is 15.9 Å². The number of rotatable bonds is 9. The van der Waals surface area contributed by atoms with Crippen LogP contribution in [0.4, 0.5) is 0 Å². The van der Waals surface area contributed by atoms with Crippen molar-refractivity contribution < 1.29 is 22.7 Å². The van der Waals surface area contributed by atoms with Gasteiger partial charge >= 0.3 is 0 Å². The number of morpholine rings is 1. The van der Waals surface area contributed by atoms with E-state index in [0.29, 0.717) is 44.0 Å². The van der Waals surface area contributed by atoms with Crippen LogP contribution in [0.1, 0.15) is 42.5 Å². The molecule has 3 rings (SSSR count). The molecular formula is C24H32N2O5S. The summed E-state index contributed by atoms with van der Waals surface area (Å²) in [7, 11) is -2.07. The van der Waals surface area contributed by atoms with Crippen molar-refractivity contribution in [1.29, 1.82) is 0 Å². The molecule has 0 aromatic heterocycles. The van der Waals surface area contributed by atoms with Gasteiger partial charge < -0.3 is 14.8 Å². The van der Waals surface area contributed by atoms with Gasteiger partial charge in [0.15, 0.2) is 0 Å². The number of sulfonamides is 1. The maximum absolute atomic E-state index is 13.0. The average molecular weight is 461 g/mol. The second kappa shape index (κ2) is 10.9. The lowest BCUT2D eigenvalue weighted by atomic mass is 9.99. The molecule has 0 aliphatic carbocycles. The number of nitrogens with zero attached hydrogens (tertiary/aromatic N) is 1. The van der Waals surface area contributed by atoms with E-state index < -0.39 is 10.0 Å². The molecule has 1 N–H and O–H groups in total. The molecule has 1 aliphatic rings. The Balaban J connectivity index is 1.71. The first-order valence-corrected chi connectivity index (χ1v) is 12.4. The Kier molecular flexibility index (Phi) is 8.28. The summed E-state index contributed by atoms with van der Waals surface area (Å²) in [6, 6.07) is 12.8. The number of aryl methyl sites for hydroxylation is 2. The fourth-order valence-electron chi connectivity index (χ4n) is 3.94. The topological polar surface area (TPSA) is 84.9 Å². The largest absolute Gasteiger partial charge is 0.496 e. The van der Waals surface area contributed by atoms with Crippen LogP contribution in [0.5, 0.6) is 5.75 Å². The van der Waals surface area contributed by atoms with Crippen LogP contribution in [0, 0.1) is 6.92 Å². The summed E-state index contributed by atoms with van der Waals surface area (Å²) in [5, 5.41) is 3.11. The van der Waals surface area contributed by atoms with Gasteiger partial charge in [0.2, 0.25) is 15.9 Å². The van der Waals surface area contributed by atoms with Crippen molar-refractivity contribution in [2.24, 2.45) is 0 Å². The van der Waals surface area contributed by atoms with Crippen LogP contribution < -0.4 is 10.1 Å². The van der Waals surface area contributed by atoms with Crippen LogP contribution in [0.15, 0.2) is 47.4 Å². The van der Waals surface area contributed by atoms with Crippen LogP contribution >= 0.6 is 0 Å². The molecule has 0 saturated carbocycles. The lowest BCUT2D eigenvalue weighted by molar-refractivity contribution is -0.121. The van der Waals surface area contributed by atoms with Gasteiger partial charge in [0.05, 0.1) is 31.3 Å². The molecule has 1 aliphatic heterocycles. The van der Waals surface area contributed by atoms with E-state index in [1.54, 1.807) is 25.3 Å². The summed E-state index contributed by atoms with van der Waals surface area (Å²) in [5.41, 5.74) is 2.95. The van der Waals surface area contributed by atoms with E-state index in [1.807, 2.05) is 38.1 Å². The minimum Gasteiger partial charge on any atom is -0.496 e. The number of hydrogen-bond acceptors (Lipinski definition) is 5. The van der Waals surface area contributed by atoms with E-state index >= 15 is 0 Å². The van der Waals surface area contributed by atoms with E-state index in [2.05, 4.69) is 5.32 Å². The van der Waals surface area contributed by atoms with Crippen LogP contribution in [-0.4, -0.2) is 52.0 Å². The van der Waals surface area contributed by atoms with E-state index in [4.69, 9.17) is 9.47 Å². The van der Waals surface area contributed by atoms with Gasteiger partial charge in [-0.25, -0.2) is 8.42 Å². The highest BCUT2D eigenvalue weighted by Gasteiger charge is 2.27. The minimum absolute atomic E-state index is 0.0568. The summed E-state index contributed by atoms with van der Waals surface area (Å²) in [4.78, 5) is 12.9. The van der Waals surface area contributed by atoms with Gasteiger partial charge in [-0.1, -0.05) is 31.2 Å². The third-order valence-corrected chi connectivity index (χ3v) is 7.68. The molecule has 32 heavy (non-hydrogen) atoms. The standard InChI is InChI=1S/C24H32N2O5S/c1-4-22(21-8-6-5-7-18(21)2)25-24(27)12-9-19-17-20(10-11-23(19)30-3)32(28,29)26-13-15-31-16-14-26/h5-8,10-11,17,22H,4,9,12-16H2,1-3H3,(H,25,27)/t22-/m0/s1. The summed E-state index contributed by atoms with van der Waals surface area (Å²) >= 11 is 0. The molecule has 1 saturated heterocycles. The lowest BCUT2D eigenvalue weighted by Gasteiger charge is -2.26. The molecule has 8 heteroatoms. The Hall–Kier alpha value is -2.42. The molecule has 0 bridgehead atoms. The first-order chi connectivity index (χ1) is 15.4. The maximum atomic E-state index is 13.0. The molecule has 2 aromatic rings.